The van der Waals surface area contributed by atoms with Crippen molar-refractivity contribution in [3.8, 4) is 5.88 Å². The van der Waals surface area contributed by atoms with Crippen LogP contribution in [0.4, 0.5) is 0 Å². The number of hydrogen-bond donors (Lipinski definition) is 0. The third kappa shape index (κ3) is 2.91. The first-order valence-corrected chi connectivity index (χ1v) is 5.56. The number of rotatable bonds is 5. The molecule has 0 atom stereocenters. The normalized spacial score (nSPS) is 10.3. The van der Waals surface area contributed by atoms with Crippen LogP contribution >= 0.6 is 0 Å². The Kier molecular flexibility index (Phi) is 3.66. The van der Waals surface area contributed by atoms with Crippen LogP contribution in [-0.2, 0) is 13.5 Å². The molecule has 18 heavy (non-hydrogen) atoms. The van der Waals surface area contributed by atoms with Gasteiger partial charge in [-0.2, -0.15) is 5.10 Å². The maximum absolute atomic E-state index is 11.9. The summed E-state index contributed by atoms with van der Waals surface area (Å²) in [4.78, 5) is 19.7. The zero-order chi connectivity index (χ0) is 13.0. The Morgan fingerprint density at radius 2 is 2.28 bits per heavy atom. The largest absolute Gasteiger partial charge is 0.481 e. The quantitative estimate of drug-likeness (QED) is 0.737. The van der Waals surface area contributed by atoms with Crippen LogP contribution in [0.5, 0.6) is 5.88 Å². The average molecular weight is 246 g/mol. The van der Waals surface area contributed by atoms with Crippen molar-refractivity contribution in [2.45, 2.75) is 12.8 Å². The Hall–Kier alpha value is -2.24. The molecule has 94 valence electrons. The summed E-state index contributed by atoms with van der Waals surface area (Å²) in [5.41, 5.74) is 1.41. The van der Waals surface area contributed by atoms with Crippen LogP contribution in [0.25, 0.3) is 0 Å². The predicted octanol–water partition coefficient (Wildman–Crippen LogP) is 1.03. The van der Waals surface area contributed by atoms with E-state index in [9.17, 15) is 4.79 Å². The lowest BCUT2D eigenvalue weighted by atomic mass is 10.1. The summed E-state index contributed by atoms with van der Waals surface area (Å²) in [5, 5.41) is 4.05. The van der Waals surface area contributed by atoms with Crippen molar-refractivity contribution in [2.24, 2.45) is 7.05 Å². The van der Waals surface area contributed by atoms with Crippen LogP contribution in [0, 0.1) is 0 Å². The summed E-state index contributed by atoms with van der Waals surface area (Å²) in [6.07, 6.45) is 6.03. The Labute approximate surface area is 105 Å². The van der Waals surface area contributed by atoms with E-state index in [1.165, 1.54) is 13.4 Å². The third-order valence-electron chi connectivity index (χ3n) is 2.54. The second-order valence-corrected chi connectivity index (χ2v) is 3.89. The van der Waals surface area contributed by atoms with E-state index >= 15 is 0 Å². The first-order chi connectivity index (χ1) is 8.69. The molecule has 2 heterocycles. The van der Waals surface area contributed by atoms with Crippen LogP contribution in [0.3, 0.4) is 0 Å². The summed E-state index contributed by atoms with van der Waals surface area (Å²) < 4.78 is 6.67. The zero-order valence-electron chi connectivity index (χ0n) is 10.3. The van der Waals surface area contributed by atoms with Crippen molar-refractivity contribution >= 4 is 5.78 Å². The maximum Gasteiger partial charge on any atom is 0.216 e. The van der Waals surface area contributed by atoms with Crippen molar-refractivity contribution in [1.82, 2.24) is 19.7 Å². The standard InChI is InChI=1S/C12H14N4O2/c1-16-7-9(6-15-16)3-4-11(17)10-5-12(18-2)14-8-13-10/h5-8H,3-4H2,1-2H3. The van der Waals surface area contributed by atoms with Gasteiger partial charge < -0.3 is 4.74 Å². The van der Waals surface area contributed by atoms with E-state index < -0.39 is 0 Å². The van der Waals surface area contributed by atoms with Gasteiger partial charge in [-0.3, -0.25) is 9.48 Å². The van der Waals surface area contributed by atoms with Crippen LogP contribution < -0.4 is 4.74 Å². The maximum atomic E-state index is 11.9. The molecule has 0 fully saturated rings. The molecule has 0 saturated heterocycles. The Balaban J connectivity index is 1.99. The molecular formula is C12H14N4O2. The molecule has 6 nitrogen and oxygen atoms in total. The molecule has 0 radical (unpaired) electrons. The summed E-state index contributed by atoms with van der Waals surface area (Å²) >= 11 is 0. The fourth-order valence-corrected chi connectivity index (χ4v) is 1.59. The van der Waals surface area contributed by atoms with Gasteiger partial charge >= 0.3 is 0 Å². The highest BCUT2D eigenvalue weighted by Gasteiger charge is 2.10. The Bertz CT molecular complexity index is 551. The molecule has 0 N–H and O–H groups in total. The number of ether oxygens (including phenoxy) is 1. The summed E-state index contributed by atoms with van der Waals surface area (Å²) in [6, 6.07) is 1.55. The van der Waals surface area contributed by atoms with Crippen LogP contribution in [0.2, 0.25) is 0 Å². The van der Waals surface area contributed by atoms with Gasteiger partial charge in [0.1, 0.15) is 12.0 Å². The van der Waals surface area contributed by atoms with E-state index in [0.717, 1.165) is 5.56 Å². The van der Waals surface area contributed by atoms with Gasteiger partial charge in [-0.05, 0) is 12.0 Å². The second kappa shape index (κ2) is 5.39. The molecule has 0 bridgehead atoms. The molecule has 0 saturated carbocycles. The molecule has 0 aliphatic heterocycles. The third-order valence-corrected chi connectivity index (χ3v) is 2.54. The smallest absolute Gasteiger partial charge is 0.216 e. The summed E-state index contributed by atoms with van der Waals surface area (Å²) in [5.74, 6) is 0.370. The highest BCUT2D eigenvalue weighted by molar-refractivity contribution is 5.94. The fraction of sp³-hybridized carbons (Fsp3) is 0.333. The number of ketones is 1. The number of Topliss-reactive ketones (excluding diaryl/α,β-unsaturated/α-hetero) is 1. The van der Waals surface area contributed by atoms with Gasteiger partial charge in [0.2, 0.25) is 5.88 Å². The van der Waals surface area contributed by atoms with E-state index in [1.807, 2.05) is 13.2 Å². The van der Waals surface area contributed by atoms with Crippen LogP contribution in [0.1, 0.15) is 22.5 Å². The highest BCUT2D eigenvalue weighted by atomic mass is 16.5. The SMILES string of the molecule is COc1cc(C(=O)CCc2cnn(C)c2)ncn1. The second-order valence-electron chi connectivity index (χ2n) is 3.89. The number of aromatic nitrogens is 4. The van der Waals surface area contributed by atoms with Gasteiger partial charge in [0.05, 0.1) is 13.3 Å². The lowest BCUT2D eigenvalue weighted by molar-refractivity contribution is 0.0977. The van der Waals surface area contributed by atoms with Crippen LogP contribution in [-0.4, -0.2) is 32.6 Å². The molecule has 0 aliphatic rings. The van der Waals surface area contributed by atoms with E-state index in [2.05, 4.69) is 15.1 Å². The number of nitrogens with zero attached hydrogens (tertiary/aromatic N) is 4. The summed E-state index contributed by atoms with van der Waals surface area (Å²) in [6.45, 7) is 0. The fourth-order valence-electron chi connectivity index (χ4n) is 1.59. The molecule has 0 amide bonds. The molecule has 0 aromatic carbocycles. The molecular weight excluding hydrogens is 232 g/mol. The van der Waals surface area contributed by atoms with E-state index in [0.29, 0.717) is 24.4 Å². The molecule has 0 spiro atoms. The Morgan fingerprint density at radius 3 is 2.94 bits per heavy atom. The Morgan fingerprint density at radius 1 is 1.44 bits per heavy atom. The number of aryl methyl sites for hydroxylation is 2. The van der Waals surface area contributed by atoms with Crippen molar-refractivity contribution < 1.29 is 9.53 Å². The van der Waals surface area contributed by atoms with Crippen molar-refractivity contribution in [1.29, 1.82) is 0 Å². The van der Waals surface area contributed by atoms with Gasteiger partial charge in [0, 0.05) is 25.7 Å². The van der Waals surface area contributed by atoms with Crippen molar-refractivity contribution in [3.05, 3.63) is 36.0 Å². The molecule has 6 heteroatoms. The molecule has 2 aromatic heterocycles. The lowest BCUT2D eigenvalue weighted by Crippen LogP contribution is -2.04. The molecule has 2 rings (SSSR count). The van der Waals surface area contributed by atoms with E-state index in [1.54, 1.807) is 16.9 Å². The number of methoxy groups -OCH3 is 1. The predicted molar refractivity (Wildman–Crippen MR) is 64.4 cm³/mol. The number of carbonyl (C=O) groups is 1. The summed E-state index contributed by atoms with van der Waals surface area (Å²) in [7, 11) is 3.35. The minimum atomic E-state index is -0.0282. The van der Waals surface area contributed by atoms with E-state index in [4.69, 9.17) is 4.74 Å². The first-order valence-electron chi connectivity index (χ1n) is 5.56. The molecule has 0 aliphatic carbocycles. The van der Waals surface area contributed by atoms with Gasteiger partial charge in [-0.15, -0.1) is 0 Å². The van der Waals surface area contributed by atoms with Crippen LogP contribution in [0.15, 0.2) is 24.8 Å². The number of carbonyl (C=O) groups excluding carboxylic acids is 1. The zero-order valence-corrected chi connectivity index (χ0v) is 10.3. The minimum Gasteiger partial charge on any atom is -0.481 e. The van der Waals surface area contributed by atoms with Gasteiger partial charge in [-0.25, -0.2) is 9.97 Å². The monoisotopic (exact) mass is 246 g/mol. The molecule has 0 unspecified atom stereocenters. The van der Waals surface area contributed by atoms with Crippen molar-refractivity contribution in [3.63, 3.8) is 0 Å². The average Bonchev–Trinajstić information content (AvgIpc) is 2.82. The van der Waals surface area contributed by atoms with Gasteiger partial charge in [-0.1, -0.05) is 0 Å². The topological polar surface area (TPSA) is 69.9 Å². The van der Waals surface area contributed by atoms with Gasteiger partial charge in [0.15, 0.2) is 5.78 Å². The minimum absolute atomic E-state index is 0.0282. The lowest BCUT2D eigenvalue weighted by Gasteiger charge is -2.01. The van der Waals surface area contributed by atoms with Crippen molar-refractivity contribution in [2.75, 3.05) is 7.11 Å². The van der Waals surface area contributed by atoms with Gasteiger partial charge in [0.25, 0.3) is 0 Å². The van der Waals surface area contributed by atoms with E-state index in [-0.39, 0.29) is 5.78 Å². The number of hydrogen-bond acceptors (Lipinski definition) is 5. The molecule has 2 aromatic rings. The first kappa shape index (κ1) is 12.2. The highest BCUT2D eigenvalue weighted by Crippen LogP contribution is 2.10.